The van der Waals surface area contributed by atoms with Crippen LogP contribution in [0, 0.1) is 0 Å². The predicted octanol–water partition coefficient (Wildman–Crippen LogP) is 3.36. The van der Waals surface area contributed by atoms with Crippen LogP contribution in [0.3, 0.4) is 0 Å². The van der Waals surface area contributed by atoms with Gasteiger partial charge in [0.05, 0.1) is 6.61 Å². The number of carboxylic acids is 1. The summed E-state index contributed by atoms with van der Waals surface area (Å²) in [6.45, 7) is 3.73. The summed E-state index contributed by atoms with van der Waals surface area (Å²) in [6.07, 6.45) is 3.39. The molecule has 1 aliphatic heterocycles. The third-order valence-electron chi connectivity index (χ3n) is 3.88. The first-order valence-electron chi connectivity index (χ1n) is 7.45. The van der Waals surface area contributed by atoms with Gasteiger partial charge in [0.25, 0.3) is 0 Å². The lowest BCUT2D eigenvalue weighted by Gasteiger charge is -2.20. The molecule has 1 aromatic carbocycles. The van der Waals surface area contributed by atoms with Gasteiger partial charge in [-0.3, -0.25) is 0 Å². The zero-order valence-electron chi connectivity index (χ0n) is 12.7. The van der Waals surface area contributed by atoms with Gasteiger partial charge >= 0.3 is 5.97 Å². The van der Waals surface area contributed by atoms with E-state index in [0.29, 0.717) is 24.0 Å². The second-order valence-electron chi connectivity index (χ2n) is 5.28. The van der Waals surface area contributed by atoms with Gasteiger partial charge in [0.1, 0.15) is 11.3 Å². The molecule has 0 bridgehead atoms. The van der Waals surface area contributed by atoms with E-state index >= 15 is 0 Å². The van der Waals surface area contributed by atoms with E-state index < -0.39 is 5.97 Å². The first-order valence-corrected chi connectivity index (χ1v) is 8.44. The lowest BCUT2D eigenvalue weighted by molar-refractivity contribution is 0.0687. The lowest BCUT2D eigenvalue weighted by Crippen LogP contribution is -2.26. The van der Waals surface area contributed by atoms with E-state index in [4.69, 9.17) is 4.74 Å². The average Bonchev–Trinajstić information content (AvgIpc) is 2.85. The highest BCUT2D eigenvalue weighted by atomic mass is 32.2. The average molecular weight is 309 g/mol. The summed E-state index contributed by atoms with van der Waals surface area (Å²) in [5.74, 6) is 0.414. The third kappa shape index (κ3) is 4.14. The van der Waals surface area contributed by atoms with Gasteiger partial charge in [0, 0.05) is 10.9 Å². The number of nitrogens with zero attached hydrogens (tertiary/aromatic N) is 1. The minimum Gasteiger partial charge on any atom is -0.493 e. The Kier molecular flexibility index (Phi) is 5.94. The zero-order chi connectivity index (χ0) is 15.2. The Labute approximate surface area is 130 Å². The zero-order valence-corrected chi connectivity index (χ0v) is 13.5. The number of hydrogen-bond donors (Lipinski definition) is 1. The number of benzene rings is 1. The van der Waals surface area contributed by atoms with Gasteiger partial charge in [-0.25, -0.2) is 4.79 Å². The molecule has 1 heterocycles. The van der Waals surface area contributed by atoms with Gasteiger partial charge in [0.15, 0.2) is 0 Å². The Morgan fingerprint density at radius 2 is 2.33 bits per heavy atom. The van der Waals surface area contributed by atoms with Gasteiger partial charge in [-0.2, -0.15) is 0 Å². The second kappa shape index (κ2) is 7.71. The SMILES string of the molecule is CCSc1cccc(OCCC2CCCN2C)c1C(=O)O. The van der Waals surface area contributed by atoms with Gasteiger partial charge in [-0.15, -0.1) is 11.8 Å². The molecule has 0 saturated carbocycles. The van der Waals surface area contributed by atoms with Crippen LogP contribution >= 0.6 is 11.8 Å². The molecular weight excluding hydrogens is 286 g/mol. The van der Waals surface area contributed by atoms with E-state index in [1.807, 2.05) is 19.1 Å². The van der Waals surface area contributed by atoms with Crippen LogP contribution in [0.4, 0.5) is 0 Å². The number of hydrogen-bond acceptors (Lipinski definition) is 4. The minimum absolute atomic E-state index is 0.295. The van der Waals surface area contributed by atoms with Crippen LogP contribution in [-0.4, -0.2) is 48.0 Å². The summed E-state index contributed by atoms with van der Waals surface area (Å²) in [6, 6.07) is 6.02. The van der Waals surface area contributed by atoms with Crippen molar-refractivity contribution in [1.82, 2.24) is 4.90 Å². The van der Waals surface area contributed by atoms with Crippen molar-refractivity contribution in [2.24, 2.45) is 0 Å². The van der Waals surface area contributed by atoms with Crippen LogP contribution in [0.15, 0.2) is 23.1 Å². The van der Waals surface area contributed by atoms with Gasteiger partial charge < -0.3 is 14.7 Å². The highest BCUT2D eigenvalue weighted by Gasteiger charge is 2.21. The van der Waals surface area contributed by atoms with Crippen molar-refractivity contribution in [3.05, 3.63) is 23.8 Å². The molecule has 116 valence electrons. The highest BCUT2D eigenvalue weighted by Crippen LogP contribution is 2.30. The number of likely N-dealkylation sites (tertiary alicyclic amines) is 1. The molecule has 0 aliphatic carbocycles. The number of aromatic carboxylic acids is 1. The maximum absolute atomic E-state index is 11.5. The molecule has 0 radical (unpaired) electrons. The third-order valence-corrected chi connectivity index (χ3v) is 4.82. The number of carbonyl (C=O) groups is 1. The summed E-state index contributed by atoms with van der Waals surface area (Å²) in [5.41, 5.74) is 0.295. The van der Waals surface area contributed by atoms with Crippen LogP contribution in [0.1, 0.15) is 36.5 Å². The van der Waals surface area contributed by atoms with E-state index in [0.717, 1.165) is 23.6 Å². The van der Waals surface area contributed by atoms with Gasteiger partial charge in [-0.1, -0.05) is 13.0 Å². The molecule has 1 fully saturated rings. The molecule has 1 atom stereocenters. The molecular formula is C16H23NO3S. The normalized spacial score (nSPS) is 18.9. The summed E-state index contributed by atoms with van der Waals surface area (Å²) < 4.78 is 5.77. The van der Waals surface area contributed by atoms with Crippen molar-refractivity contribution < 1.29 is 14.6 Å². The number of ether oxygens (including phenoxy) is 1. The minimum atomic E-state index is -0.917. The molecule has 0 aromatic heterocycles. The van der Waals surface area contributed by atoms with Gasteiger partial charge in [0.2, 0.25) is 0 Å². The fourth-order valence-corrected chi connectivity index (χ4v) is 3.58. The van der Waals surface area contributed by atoms with Crippen LogP contribution in [0.5, 0.6) is 5.75 Å². The number of thioether (sulfide) groups is 1. The molecule has 4 nitrogen and oxygen atoms in total. The Bertz CT molecular complexity index is 492. The first kappa shape index (κ1) is 16.2. The van der Waals surface area contributed by atoms with Crippen LogP contribution < -0.4 is 4.74 Å². The largest absolute Gasteiger partial charge is 0.493 e. The molecule has 1 aromatic rings. The maximum Gasteiger partial charge on any atom is 0.340 e. The molecule has 21 heavy (non-hydrogen) atoms. The molecule has 1 saturated heterocycles. The number of rotatable bonds is 7. The molecule has 2 rings (SSSR count). The Morgan fingerprint density at radius 1 is 1.52 bits per heavy atom. The van der Waals surface area contributed by atoms with Crippen molar-refractivity contribution in [2.75, 3.05) is 26.0 Å². The predicted molar refractivity (Wildman–Crippen MR) is 85.6 cm³/mol. The van der Waals surface area contributed by atoms with Crippen molar-refractivity contribution in [2.45, 2.75) is 37.1 Å². The molecule has 1 unspecified atom stereocenters. The Hall–Kier alpha value is -1.20. The van der Waals surface area contributed by atoms with Crippen LogP contribution in [0.2, 0.25) is 0 Å². The quantitative estimate of drug-likeness (QED) is 0.783. The molecule has 1 N–H and O–H groups in total. The molecule has 5 heteroatoms. The highest BCUT2D eigenvalue weighted by molar-refractivity contribution is 7.99. The summed E-state index contributed by atoms with van der Waals surface area (Å²) in [5, 5.41) is 9.42. The molecule has 0 spiro atoms. The van der Waals surface area contributed by atoms with Crippen molar-refractivity contribution in [1.29, 1.82) is 0 Å². The monoisotopic (exact) mass is 309 g/mol. The molecule has 1 aliphatic rings. The van der Waals surface area contributed by atoms with E-state index in [-0.39, 0.29) is 0 Å². The molecule has 0 amide bonds. The maximum atomic E-state index is 11.5. The van der Waals surface area contributed by atoms with E-state index in [9.17, 15) is 9.90 Å². The van der Waals surface area contributed by atoms with E-state index in [1.54, 1.807) is 6.07 Å². The van der Waals surface area contributed by atoms with Crippen LogP contribution in [0.25, 0.3) is 0 Å². The topological polar surface area (TPSA) is 49.8 Å². The summed E-state index contributed by atoms with van der Waals surface area (Å²) in [7, 11) is 2.14. The van der Waals surface area contributed by atoms with E-state index in [1.165, 1.54) is 24.6 Å². The summed E-state index contributed by atoms with van der Waals surface area (Å²) in [4.78, 5) is 14.6. The van der Waals surface area contributed by atoms with Gasteiger partial charge in [-0.05, 0) is 50.7 Å². The smallest absolute Gasteiger partial charge is 0.340 e. The lowest BCUT2D eigenvalue weighted by atomic mass is 10.1. The standard InChI is InChI=1S/C16H23NO3S/c1-3-21-14-8-4-7-13(15(14)16(18)19)20-11-9-12-6-5-10-17(12)2/h4,7-8,12H,3,5-6,9-11H2,1-2H3,(H,18,19). The van der Waals surface area contributed by atoms with Crippen LogP contribution in [-0.2, 0) is 0 Å². The van der Waals surface area contributed by atoms with E-state index in [2.05, 4.69) is 11.9 Å². The van der Waals surface area contributed by atoms with Crippen molar-refractivity contribution in [3.8, 4) is 5.75 Å². The second-order valence-corrected chi connectivity index (χ2v) is 6.59. The number of carboxylic acid groups (broad SMARTS) is 1. The summed E-state index contributed by atoms with van der Waals surface area (Å²) >= 11 is 1.53. The van der Waals surface area contributed by atoms with Crippen molar-refractivity contribution >= 4 is 17.7 Å². The first-order chi connectivity index (χ1) is 10.1. The Morgan fingerprint density at radius 3 is 2.95 bits per heavy atom. The van der Waals surface area contributed by atoms with Crippen molar-refractivity contribution in [3.63, 3.8) is 0 Å². The fourth-order valence-electron chi connectivity index (χ4n) is 2.77. The fraction of sp³-hybridized carbons (Fsp3) is 0.562. The Balaban J connectivity index is 2.01.